The number of aromatic carboxylic acids is 1. The van der Waals surface area contributed by atoms with E-state index in [4.69, 9.17) is 16.7 Å². The molecule has 21 heavy (non-hydrogen) atoms. The Bertz CT molecular complexity index is 734. The minimum atomic E-state index is -1.28. The lowest BCUT2D eigenvalue weighted by Gasteiger charge is -2.09. The Morgan fingerprint density at radius 3 is 2.38 bits per heavy atom. The number of halogens is 3. The number of rotatable bonds is 3. The first-order chi connectivity index (χ1) is 9.88. The second-order valence-electron chi connectivity index (χ2n) is 4.08. The van der Waals surface area contributed by atoms with Crippen molar-refractivity contribution in [2.75, 3.05) is 5.32 Å². The average molecular weight is 312 g/mol. The second-order valence-corrected chi connectivity index (χ2v) is 4.51. The fourth-order valence-corrected chi connectivity index (χ4v) is 1.81. The van der Waals surface area contributed by atoms with Crippen LogP contribution in [0.5, 0.6) is 0 Å². The molecule has 2 aromatic carbocycles. The van der Waals surface area contributed by atoms with Crippen molar-refractivity contribution in [2.45, 2.75) is 0 Å². The third kappa shape index (κ3) is 3.35. The molecule has 7 heteroatoms. The summed E-state index contributed by atoms with van der Waals surface area (Å²) in [5.74, 6) is -4.29. The monoisotopic (exact) mass is 311 g/mol. The summed E-state index contributed by atoms with van der Waals surface area (Å²) in [5.41, 5.74) is -0.347. The topological polar surface area (TPSA) is 66.4 Å². The molecule has 0 radical (unpaired) electrons. The lowest BCUT2D eigenvalue weighted by molar-refractivity contribution is 0.0698. The number of nitrogens with one attached hydrogen (secondary N) is 1. The van der Waals surface area contributed by atoms with Gasteiger partial charge in [0.15, 0.2) is 11.6 Å². The van der Waals surface area contributed by atoms with Crippen molar-refractivity contribution in [2.24, 2.45) is 0 Å². The lowest BCUT2D eigenvalue weighted by Crippen LogP contribution is -2.15. The van der Waals surface area contributed by atoms with Gasteiger partial charge in [0.25, 0.3) is 5.91 Å². The van der Waals surface area contributed by atoms with Crippen LogP contribution in [-0.4, -0.2) is 17.0 Å². The molecular weight excluding hydrogens is 304 g/mol. The molecule has 2 rings (SSSR count). The SMILES string of the molecule is O=C(Nc1ccc(Cl)cc1C(=O)O)c1ccc(F)c(F)c1. The summed E-state index contributed by atoms with van der Waals surface area (Å²) in [6.07, 6.45) is 0. The van der Waals surface area contributed by atoms with E-state index in [0.29, 0.717) is 0 Å². The fraction of sp³-hybridized carbons (Fsp3) is 0. The zero-order valence-electron chi connectivity index (χ0n) is 10.4. The van der Waals surface area contributed by atoms with Crippen LogP contribution in [0.4, 0.5) is 14.5 Å². The first kappa shape index (κ1) is 14.9. The van der Waals surface area contributed by atoms with Gasteiger partial charge in [-0.05, 0) is 36.4 Å². The molecule has 0 unspecified atom stereocenters. The number of carbonyl (C=O) groups is 2. The lowest BCUT2D eigenvalue weighted by atomic mass is 10.1. The predicted molar refractivity (Wildman–Crippen MR) is 72.7 cm³/mol. The molecule has 0 aromatic heterocycles. The second kappa shape index (κ2) is 5.88. The van der Waals surface area contributed by atoms with Gasteiger partial charge >= 0.3 is 5.97 Å². The van der Waals surface area contributed by atoms with Crippen molar-refractivity contribution in [1.29, 1.82) is 0 Å². The molecule has 0 saturated carbocycles. The Kier molecular flexibility index (Phi) is 4.18. The summed E-state index contributed by atoms with van der Waals surface area (Å²) in [6.45, 7) is 0. The number of carbonyl (C=O) groups excluding carboxylic acids is 1. The summed E-state index contributed by atoms with van der Waals surface area (Å²) in [7, 11) is 0. The molecular formula is C14H8ClF2NO3. The summed E-state index contributed by atoms with van der Waals surface area (Å²) in [6, 6.07) is 6.50. The highest BCUT2D eigenvalue weighted by atomic mass is 35.5. The minimum absolute atomic E-state index is 0.00151. The molecule has 2 N–H and O–H groups in total. The largest absolute Gasteiger partial charge is 0.478 e. The first-order valence-electron chi connectivity index (χ1n) is 5.67. The summed E-state index contributed by atoms with van der Waals surface area (Å²) < 4.78 is 25.9. The van der Waals surface area contributed by atoms with E-state index in [1.807, 2.05) is 0 Å². The maximum Gasteiger partial charge on any atom is 0.337 e. The Morgan fingerprint density at radius 1 is 1.05 bits per heavy atom. The fourth-order valence-electron chi connectivity index (χ4n) is 1.63. The van der Waals surface area contributed by atoms with Gasteiger partial charge in [0, 0.05) is 10.6 Å². The number of carboxylic acid groups (broad SMARTS) is 1. The molecule has 0 spiro atoms. The number of carboxylic acids is 1. The maximum atomic E-state index is 13.1. The molecule has 4 nitrogen and oxygen atoms in total. The van der Waals surface area contributed by atoms with Gasteiger partial charge in [-0.2, -0.15) is 0 Å². The predicted octanol–water partition coefficient (Wildman–Crippen LogP) is 3.57. The quantitative estimate of drug-likeness (QED) is 0.910. The van der Waals surface area contributed by atoms with Gasteiger partial charge in [-0.25, -0.2) is 13.6 Å². The van der Waals surface area contributed by atoms with Crippen LogP contribution in [0, 0.1) is 11.6 Å². The van der Waals surface area contributed by atoms with Crippen molar-refractivity contribution >= 4 is 29.2 Å². The van der Waals surface area contributed by atoms with Crippen molar-refractivity contribution in [3.63, 3.8) is 0 Å². The Balaban J connectivity index is 2.31. The van der Waals surface area contributed by atoms with Crippen molar-refractivity contribution in [3.8, 4) is 0 Å². The molecule has 2 aromatic rings. The molecule has 0 aliphatic carbocycles. The average Bonchev–Trinajstić information content (AvgIpc) is 2.43. The highest BCUT2D eigenvalue weighted by Gasteiger charge is 2.15. The first-order valence-corrected chi connectivity index (χ1v) is 6.05. The minimum Gasteiger partial charge on any atom is -0.478 e. The van der Waals surface area contributed by atoms with E-state index in [1.165, 1.54) is 18.2 Å². The van der Waals surface area contributed by atoms with Crippen LogP contribution in [0.15, 0.2) is 36.4 Å². The maximum absolute atomic E-state index is 13.1. The number of amides is 1. The number of anilines is 1. The summed E-state index contributed by atoms with van der Waals surface area (Å²) >= 11 is 5.69. The summed E-state index contributed by atoms with van der Waals surface area (Å²) in [5, 5.41) is 11.5. The molecule has 0 fully saturated rings. The Morgan fingerprint density at radius 2 is 1.76 bits per heavy atom. The van der Waals surface area contributed by atoms with Crippen LogP contribution in [0.25, 0.3) is 0 Å². The van der Waals surface area contributed by atoms with E-state index < -0.39 is 23.5 Å². The molecule has 0 aliphatic rings. The third-order valence-corrected chi connectivity index (χ3v) is 2.88. The Labute approximate surface area is 123 Å². The molecule has 1 amide bonds. The van der Waals surface area contributed by atoms with Crippen molar-refractivity contribution in [1.82, 2.24) is 0 Å². The smallest absolute Gasteiger partial charge is 0.337 e. The highest BCUT2D eigenvalue weighted by Crippen LogP contribution is 2.21. The van der Waals surface area contributed by atoms with Gasteiger partial charge in [0.1, 0.15) is 0 Å². The van der Waals surface area contributed by atoms with Gasteiger partial charge in [-0.15, -0.1) is 0 Å². The molecule has 0 bridgehead atoms. The van der Waals surface area contributed by atoms with Crippen molar-refractivity contribution in [3.05, 3.63) is 64.2 Å². The van der Waals surface area contributed by atoms with E-state index in [0.717, 1.165) is 18.2 Å². The third-order valence-electron chi connectivity index (χ3n) is 2.64. The van der Waals surface area contributed by atoms with Crippen LogP contribution in [-0.2, 0) is 0 Å². The molecule has 0 heterocycles. The summed E-state index contributed by atoms with van der Waals surface area (Å²) in [4.78, 5) is 23.0. The van der Waals surface area contributed by atoms with Gasteiger partial charge in [-0.1, -0.05) is 11.6 Å². The molecule has 0 aliphatic heterocycles. The van der Waals surface area contributed by atoms with Crippen LogP contribution in [0.3, 0.4) is 0 Å². The van der Waals surface area contributed by atoms with E-state index in [1.54, 1.807) is 0 Å². The number of hydrogen-bond acceptors (Lipinski definition) is 2. The van der Waals surface area contributed by atoms with Gasteiger partial charge in [0.2, 0.25) is 0 Å². The van der Waals surface area contributed by atoms with E-state index in [-0.39, 0.29) is 21.8 Å². The number of benzene rings is 2. The number of hydrogen-bond donors (Lipinski definition) is 2. The van der Waals surface area contributed by atoms with Gasteiger partial charge in [0.05, 0.1) is 11.3 Å². The molecule has 108 valence electrons. The zero-order valence-corrected chi connectivity index (χ0v) is 11.1. The van der Waals surface area contributed by atoms with E-state index in [9.17, 15) is 18.4 Å². The van der Waals surface area contributed by atoms with Gasteiger partial charge < -0.3 is 10.4 Å². The molecule has 0 atom stereocenters. The van der Waals surface area contributed by atoms with E-state index >= 15 is 0 Å². The van der Waals surface area contributed by atoms with Crippen LogP contribution in [0.1, 0.15) is 20.7 Å². The Hall–Kier alpha value is -2.47. The normalized spacial score (nSPS) is 10.2. The van der Waals surface area contributed by atoms with Crippen LogP contribution < -0.4 is 5.32 Å². The zero-order chi connectivity index (χ0) is 15.6. The highest BCUT2D eigenvalue weighted by molar-refractivity contribution is 6.31. The van der Waals surface area contributed by atoms with Crippen LogP contribution >= 0.6 is 11.6 Å². The van der Waals surface area contributed by atoms with Gasteiger partial charge in [-0.3, -0.25) is 4.79 Å². The van der Waals surface area contributed by atoms with E-state index in [2.05, 4.69) is 5.32 Å². The van der Waals surface area contributed by atoms with Crippen LogP contribution in [0.2, 0.25) is 5.02 Å². The molecule has 0 saturated heterocycles. The standard InChI is InChI=1S/C14H8ClF2NO3/c15-8-2-4-12(9(6-8)14(20)21)18-13(19)7-1-3-10(16)11(17)5-7/h1-6H,(H,18,19)(H,20,21). The van der Waals surface area contributed by atoms with Crippen molar-refractivity contribution < 1.29 is 23.5 Å².